The van der Waals surface area contributed by atoms with E-state index in [0.717, 1.165) is 5.35 Å². The van der Waals surface area contributed by atoms with Crippen LogP contribution in [0.2, 0.25) is 0 Å². The van der Waals surface area contributed by atoms with Gasteiger partial charge in [0, 0.05) is 11.5 Å². The summed E-state index contributed by atoms with van der Waals surface area (Å²) in [6.45, 7) is 0.398. The molecule has 0 spiro atoms. The Morgan fingerprint density at radius 1 is 1.85 bits per heavy atom. The molecule has 0 fully saturated rings. The molecule has 1 N–H and O–H groups in total. The number of H-pyrrole nitrogens is 1. The number of carbonyl (C=O) groups excluding carboxylic acids is 1. The van der Waals surface area contributed by atoms with Gasteiger partial charge in [0.25, 0.3) is 0 Å². The zero-order valence-corrected chi connectivity index (χ0v) is 6.77. The Labute approximate surface area is 73.2 Å². The Bertz CT molecular complexity index is 449. The Hall–Kier alpha value is -2.03. The summed E-state index contributed by atoms with van der Waals surface area (Å²) >= 11 is 0. The standard InChI is InChI=1S/C7H7N5O/c8-12-10-3-1-2-6-4-9-7(5-13)11-6/h2,4,11H,1,3H2. The highest BCUT2D eigenvalue weighted by atomic mass is 16.1. The first-order valence-electron chi connectivity index (χ1n) is 3.64. The number of azide groups is 1. The fraction of sp³-hybridized carbons (Fsp3) is 0.286. The number of aromatic nitrogens is 2. The van der Waals surface area contributed by atoms with Crippen LogP contribution < -0.4 is 10.8 Å². The topological polar surface area (TPSA) is 94.5 Å². The normalized spacial score (nSPS) is 10.6. The summed E-state index contributed by atoms with van der Waals surface area (Å²) in [4.78, 5) is 19.1. The summed E-state index contributed by atoms with van der Waals surface area (Å²) in [5, 5.41) is 4.08. The molecule has 0 atom stereocenters. The van der Waals surface area contributed by atoms with Crippen molar-refractivity contribution in [3.05, 3.63) is 27.5 Å². The molecule has 0 saturated heterocycles. The maximum absolute atomic E-state index is 10.1. The average Bonchev–Trinajstić information content (AvgIpc) is 2.60. The number of rotatable bonds is 3. The molecule has 0 unspecified atom stereocenters. The van der Waals surface area contributed by atoms with Crippen molar-refractivity contribution in [2.45, 2.75) is 6.42 Å². The molecule has 1 rings (SSSR count). The molecule has 0 aliphatic rings. The first-order chi connectivity index (χ1) is 6.36. The van der Waals surface area contributed by atoms with Crippen LogP contribution in [0, 0.1) is 0 Å². The molecule has 1 aromatic heterocycles. The van der Waals surface area contributed by atoms with E-state index in [2.05, 4.69) is 20.0 Å². The maximum atomic E-state index is 10.1. The summed E-state index contributed by atoms with van der Waals surface area (Å²) in [5.41, 5.74) is 8.15. The summed E-state index contributed by atoms with van der Waals surface area (Å²) in [6.07, 6.45) is 3.93. The molecule has 0 aromatic carbocycles. The molecule has 66 valence electrons. The molecule has 1 aromatic rings. The van der Waals surface area contributed by atoms with Gasteiger partial charge in [-0.3, -0.25) is 0 Å². The lowest BCUT2D eigenvalue weighted by Crippen LogP contribution is -2.11. The zero-order chi connectivity index (χ0) is 9.52. The molecule has 6 nitrogen and oxygen atoms in total. The second kappa shape index (κ2) is 4.77. The van der Waals surface area contributed by atoms with Crippen LogP contribution in [0.4, 0.5) is 0 Å². The highest BCUT2D eigenvalue weighted by Gasteiger charge is 1.83. The second-order valence-electron chi connectivity index (χ2n) is 2.24. The van der Waals surface area contributed by atoms with Crippen molar-refractivity contribution in [2.75, 3.05) is 6.54 Å². The van der Waals surface area contributed by atoms with Crippen LogP contribution in [0.5, 0.6) is 0 Å². The number of imidazole rings is 1. The summed E-state index contributed by atoms with van der Waals surface area (Å²) in [7, 11) is 0. The first kappa shape index (κ1) is 9.06. The van der Waals surface area contributed by atoms with Gasteiger partial charge in [-0.2, -0.15) is 0 Å². The highest BCUT2D eigenvalue weighted by Crippen LogP contribution is 1.81. The SMILES string of the molecule is [N-]=[N+]=NCCC=c1cnc(=C=O)[nH]1. The molecule has 13 heavy (non-hydrogen) atoms. The van der Waals surface area contributed by atoms with Gasteiger partial charge in [0.15, 0.2) is 5.94 Å². The van der Waals surface area contributed by atoms with Gasteiger partial charge >= 0.3 is 0 Å². The molecule has 0 aliphatic heterocycles. The quantitative estimate of drug-likeness (QED) is 0.288. The van der Waals surface area contributed by atoms with Gasteiger partial charge in [0.05, 0.1) is 11.5 Å². The predicted molar refractivity (Wildman–Crippen MR) is 45.7 cm³/mol. The Morgan fingerprint density at radius 2 is 2.69 bits per heavy atom. The zero-order valence-electron chi connectivity index (χ0n) is 6.77. The number of aromatic amines is 1. The summed E-state index contributed by atoms with van der Waals surface area (Å²) < 4.78 is 0. The largest absolute Gasteiger partial charge is 0.330 e. The van der Waals surface area contributed by atoms with Crippen molar-refractivity contribution in [3.8, 4) is 0 Å². The lowest BCUT2D eigenvalue weighted by molar-refractivity contribution is 0.566. The molecule has 1 heterocycles. The lowest BCUT2D eigenvalue weighted by Gasteiger charge is -1.80. The number of hydrogen-bond donors (Lipinski definition) is 1. The Kier molecular flexibility index (Phi) is 3.32. The second-order valence-corrected chi connectivity index (χ2v) is 2.24. The third-order valence-corrected chi connectivity index (χ3v) is 1.35. The number of nitrogens with one attached hydrogen (secondary N) is 1. The monoisotopic (exact) mass is 177 g/mol. The maximum Gasteiger partial charge on any atom is 0.217 e. The van der Waals surface area contributed by atoms with E-state index in [1.807, 2.05) is 0 Å². The fourth-order valence-corrected chi connectivity index (χ4v) is 0.813. The molecular formula is C7H7N5O. The van der Waals surface area contributed by atoms with Crippen molar-refractivity contribution in [3.63, 3.8) is 0 Å². The van der Waals surface area contributed by atoms with E-state index in [4.69, 9.17) is 5.53 Å². The van der Waals surface area contributed by atoms with Crippen LogP contribution in [0.15, 0.2) is 11.3 Å². The van der Waals surface area contributed by atoms with Crippen molar-refractivity contribution >= 4 is 12.0 Å². The van der Waals surface area contributed by atoms with Crippen molar-refractivity contribution < 1.29 is 4.79 Å². The minimum absolute atomic E-state index is 0.176. The molecule has 0 amide bonds. The Balaban J connectivity index is 2.71. The molecule has 0 aliphatic carbocycles. The summed E-state index contributed by atoms with van der Waals surface area (Å²) in [5.74, 6) is 1.63. The van der Waals surface area contributed by atoms with Crippen LogP contribution in [-0.2, 0) is 4.79 Å². The molecule has 0 bridgehead atoms. The van der Waals surface area contributed by atoms with Crippen LogP contribution in [0.1, 0.15) is 6.42 Å². The van der Waals surface area contributed by atoms with Gasteiger partial charge in [0.1, 0.15) is 0 Å². The predicted octanol–water partition coefficient (Wildman–Crippen LogP) is -0.606. The molecule has 0 radical (unpaired) electrons. The van der Waals surface area contributed by atoms with Crippen LogP contribution in [0.3, 0.4) is 0 Å². The minimum atomic E-state index is 0.176. The van der Waals surface area contributed by atoms with Crippen molar-refractivity contribution in [2.24, 2.45) is 5.11 Å². The van der Waals surface area contributed by atoms with Gasteiger partial charge in [-0.15, -0.1) is 0 Å². The van der Waals surface area contributed by atoms with Crippen molar-refractivity contribution in [1.29, 1.82) is 0 Å². The molecule has 0 saturated carbocycles. The van der Waals surface area contributed by atoms with E-state index in [-0.39, 0.29) is 5.48 Å². The molecule has 6 heteroatoms. The number of hydrogen-bond acceptors (Lipinski definition) is 3. The van der Waals surface area contributed by atoms with Gasteiger partial charge in [-0.05, 0) is 12.0 Å². The smallest absolute Gasteiger partial charge is 0.217 e. The van der Waals surface area contributed by atoms with Crippen LogP contribution >= 0.6 is 0 Å². The third-order valence-electron chi connectivity index (χ3n) is 1.35. The van der Waals surface area contributed by atoms with E-state index in [0.29, 0.717) is 13.0 Å². The Morgan fingerprint density at radius 3 is 3.31 bits per heavy atom. The van der Waals surface area contributed by atoms with E-state index in [9.17, 15) is 4.79 Å². The van der Waals surface area contributed by atoms with E-state index < -0.39 is 0 Å². The van der Waals surface area contributed by atoms with Gasteiger partial charge < -0.3 is 4.98 Å². The van der Waals surface area contributed by atoms with E-state index >= 15 is 0 Å². The van der Waals surface area contributed by atoms with E-state index in [1.54, 1.807) is 12.0 Å². The van der Waals surface area contributed by atoms with E-state index in [1.165, 1.54) is 6.20 Å². The van der Waals surface area contributed by atoms with Gasteiger partial charge in [-0.25, -0.2) is 9.78 Å². The fourth-order valence-electron chi connectivity index (χ4n) is 0.813. The molecular weight excluding hydrogens is 170 g/mol. The third kappa shape index (κ3) is 2.83. The highest BCUT2D eigenvalue weighted by molar-refractivity contribution is 5.40. The lowest BCUT2D eigenvalue weighted by atomic mass is 10.4. The average molecular weight is 177 g/mol. The summed E-state index contributed by atoms with van der Waals surface area (Å²) in [6, 6.07) is 0. The minimum Gasteiger partial charge on any atom is -0.330 e. The number of nitrogens with zero attached hydrogens (tertiary/aromatic N) is 4. The van der Waals surface area contributed by atoms with Crippen LogP contribution in [-0.4, -0.2) is 22.5 Å². The van der Waals surface area contributed by atoms with Gasteiger partial charge in [0.2, 0.25) is 5.48 Å². The first-order valence-corrected chi connectivity index (χ1v) is 3.64. The van der Waals surface area contributed by atoms with Gasteiger partial charge in [-0.1, -0.05) is 11.2 Å². The van der Waals surface area contributed by atoms with Crippen LogP contribution in [0.25, 0.3) is 16.5 Å². The van der Waals surface area contributed by atoms with Crippen molar-refractivity contribution in [1.82, 2.24) is 9.97 Å².